The first-order valence-electron chi connectivity index (χ1n) is 6.81. The van der Waals surface area contributed by atoms with Crippen LogP contribution in [0, 0.1) is 0 Å². The van der Waals surface area contributed by atoms with Crippen LogP contribution >= 0.6 is 0 Å². The molecule has 0 fully saturated rings. The van der Waals surface area contributed by atoms with Crippen molar-refractivity contribution in [2.75, 3.05) is 26.7 Å². The molecule has 0 heterocycles. The largest absolute Gasteiger partial charge is 0.369 e. The summed E-state index contributed by atoms with van der Waals surface area (Å²) in [4.78, 5) is 24.1. The molecule has 1 atom stereocenters. The lowest BCUT2D eigenvalue weighted by Crippen LogP contribution is -2.40. The average molecular weight is 277 g/mol. The summed E-state index contributed by atoms with van der Waals surface area (Å²) in [6, 6.07) is 10.1. The zero-order chi connectivity index (χ0) is 15.0. The molecule has 0 saturated carbocycles. The number of amides is 2. The summed E-state index contributed by atoms with van der Waals surface area (Å²) in [6.45, 7) is 2.96. The number of nitrogens with two attached hydrogens (primary N) is 1. The molecule has 2 amide bonds. The van der Waals surface area contributed by atoms with Gasteiger partial charge in [-0.1, -0.05) is 37.3 Å². The Bertz CT molecular complexity index is 434. The van der Waals surface area contributed by atoms with E-state index in [0.717, 1.165) is 6.42 Å². The van der Waals surface area contributed by atoms with E-state index in [4.69, 9.17) is 5.73 Å². The van der Waals surface area contributed by atoms with Crippen LogP contribution in [0.2, 0.25) is 0 Å². The van der Waals surface area contributed by atoms with Gasteiger partial charge in [0.15, 0.2) is 0 Å². The number of rotatable bonds is 8. The van der Waals surface area contributed by atoms with E-state index in [2.05, 4.69) is 24.4 Å². The summed E-state index contributed by atoms with van der Waals surface area (Å²) in [6.07, 6.45) is 0.960. The number of primary amides is 1. The molecule has 1 aromatic rings. The third-order valence-electron chi connectivity index (χ3n) is 3.15. The third-order valence-corrected chi connectivity index (χ3v) is 3.15. The first-order valence-corrected chi connectivity index (χ1v) is 6.81. The molecule has 5 heteroatoms. The lowest BCUT2D eigenvalue weighted by Gasteiger charge is -2.18. The number of carbonyl (C=O) groups excluding carboxylic acids is 2. The topological polar surface area (TPSA) is 75.4 Å². The van der Waals surface area contributed by atoms with E-state index in [-0.39, 0.29) is 19.0 Å². The monoisotopic (exact) mass is 277 g/mol. The Morgan fingerprint density at radius 1 is 1.25 bits per heavy atom. The molecule has 0 saturated heterocycles. The molecule has 20 heavy (non-hydrogen) atoms. The fraction of sp³-hybridized carbons (Fsp3) is 0.467. The number of carbonyl (C=O) groups is 2. The maximum absolute atomic E-state index is 11.8. The van der Waals surface area contributed by atoms with Gasteiger partial charge in [0.2, 0.25) is 11.8 Å². The van der Waals surface area contributed by atoms with Gasteiger partial charge in [0, 0.05) is 12.5 Å². The van der Waals surface area contributed by atoms with Gasteiger partial charge in [-0.15, -0.1) is 0 Å². The fourth-order valence-corrected chi connectivity index (χ4v) is 2.08. The predicted octanol–water partition coefficient (Wildman–Crippen LogP) is 0.714. The second-order valence-corrected chi connectivity index (χ2v) is 4.96. The number of likely N-dealkylation sites (N-methyl/N-ethyl adjacent to an activating group) is 1. The summed E-state index contributed by atoms with van der Waals surface area (Å²) in [5.74, 6) is -0.222. The van der Waals surface area contributed by atoms with Crippen LogP contribution in [0.1, 0.15) is 24.8 Å². The van der Waals surface area contributed by atoms with Crippen molar-refractivity contribution in [3.8, 4) is 0 Å². The predicted molar refractivity (Wildman–Crippen MR) is 79.2 cm³/mol. The molecule has 0 aliphatic carbocycles. The summed E-state index contributed by atoms with van der Waals surface area (Å²) >= 11 is 0. The molecular weight excluding hydrogens is 254 g/mol. The Morgan fingerprint density at radius 2 is 1.90 bits per heavy atom. The van der Waals surface area contributed by atoms with Crippen molar-refractivity contribution in [1.82, 2.24) is 10.2 Å². The maximum atomic E-state index is 11.8. The lowest BCUT2D eigenvalue weighted by atomic mass is 9.96. The minimum Gasteiger partial charge on any atom is -0.369 e. The average Bonchev–Trinajstić information content (AvgIpc) is 2.39. The van der Waals surface area contributed by atoms with Crippen molar-refractivity contribution < 1.29 is 9.59 Å². The number of benzene rings is 1. The van der Waals surface area contributed by atoms with Gasteiger partial charge < -0.3 is 11.1 Å². The van der Waals surface area contributed by atoms with Crippen molar-refractivity contribution in [3.05, 3.63) is 35.9 Å². The maximum Gasteiger partial charge on any atom is 0.234 e. The fourth-order valence-electron chi connectivity index (χ4n) is 2.08. The van der Waals surface area contributed by atoms with Crippen LogP contribution in [0.25, 0.3) is 0 Å². The van der Waals surface area contributed by atoms with E-state index in [1.165, 1.54) is 5.56 Å². The molecule has 1 rings (SSSR count). The molecule has 0 aliphatic heterocycles. The third kappa shape index (κ3) is 5.84. The molecule has 0 bridgehead atoms. The molecule has 0 aromatic heterocycles. The highest BCUT2D eigenvalue weighted by atomic mass is 16.2. The van der Waals surface area contributed by atoms with E-state index < -0.39 is 5.91 Å². The molecule has 1 aromatic carbocycles. The zero-order valence-corrected chi connectivity index (χ0v) is 12.1. The summed E-state index contributed by atoms with van der Waals surface area (Å²) < 4.78 is 0. The summed E-state index contributed by atoms with van der Waals surface area (Å²) in [5, 5.41) is 2.90. The first kappa shape index (κ1) is 16.2. The summed E-state index contributed by atoms with van der Waals surface area (Å²) in [7, 11) is 1.69. The molecule has 0 spiro atoms. The highest BCUT2D eigenvalue weighted by Crippen LogP contribution is 2.17. The zero-order valence-electron chi connectivity index (χ0n) is 12.1. The van der Waals surface area contributed by atoms with Crippen LogP contribution in [-0.4, -0.2) is 43.4 Å². The molecule has 5 nitrogen and oxygen atoms in total. The van der Waals surface area contributed by atoms with E-state index >= 15 is 0 Å². The van der Waals surface area contributed by atoms with Crippen LogP contribution in [0.4, 0.5) is 0 Å². The number of nitrogens with one attached hydrogen (secondary N) is 1. The lowest BCUT2D eigenvalue weighted by molar-refractivity contribution is -0.123. The van der Waals surface area contributed by atoms with Crippen LogP contribution < -0.4 is 11.1 Å². The minimum atomic E-state index is -0.434. The number of hydrogen-bond donors (Lipinski definition) is 2. The van der Waals surface area contributed by atoms with Crippen LogP contribution in [0.3, 0.4) is 0 Å². The van der Waals surface area contributed by atoms with Crippen molar-refractivity contribution in [2.24, 2.45) is 5.73 Å². The van der Waals surface area contributed by atoms with Gasteiger partial charge in [-0.05, 0) is 19.0 Å². The smallest absolute Gasteiger partial charge is 0.234 e. The van der Waals surface area contributed by atoms with Gasteiger partial charge in [-0.2, -0.15) is 0 Å². The first-order chi connectivity index (χ1) is 9.52. The molecule has 110 valence electrons. The van der Waals surface area contributed by atoms with Gasteiger partial charge in [0.25, 0.3) is 0 Å². The minimum absolute atomic E-state index is 0.0866. The second kappa shape index (κ2) is 8.32. The Kier molecular flexibility index (Phi) is 6.73. The second-order valence-electron chi connectivity index (χ2n) is 4.96. The van der Waals surface area contributed by atoms with E-state index in [0.29, 0.717) is 12.5 Å². The van der Waals surface area contributed by atoms with Gasteiger partial charge >= 0.3 is 0 Å². The molecule has 3 N–H and O–H groups in total. The van der Waals surface area contributed by atoms with Crippen molar-refractivity contribution in [2.45, 2.75) is 19.3 Å². The Morgan fingerprint density at radius 3 is 2.45 bits per heavy atom. The molecule has 0 radical (unpaired) electrons. The Balaban J connectivity index is 2.41. The van der Waals surface area contributed by atoms with Crippen LogP contribution in [-0.2, 0) is 9.59 Å². The Labute approximate surface area is 120 Å². The van der Waals surface area contributed by atoms with Crippen LogP contribution in [0.15, 0.2) is 30.3 Å². The highest BCUT2D eigenvalue weighted by molar-refractivity contribution is 5.80. The van der Waals surface area contributed by atoms with Gasteiger partial charge in [-0.25, -0.2) is 0 Å². The molecule has 0 unspecified atom stereocenters. The number of nitrogens with zero attached hydrogens (tertiary/aromatic N) is 1. The van der Waals surface area contributed by atoms with E-state index in [1.807, 2.05) is 18.2 Å². The normalized spacial score (nSPS) is 12.2. The van der Waals surface area contributed by atoms with Gasteiger partial charge in [-0.3, -0.25) is 14.5 Å². The molecule has 0 aliphatic rings. The van der Waals surface area contributed by atoms with Gasteiger partial charge in [0.1, 0.15) is 0 Å². The number of hydrogen-bond acceptors (Lipinski definition) is 3. The van der Waals surface area contributed by atoms with E-state index in [1.54, 1.807) is 11.9 Å². The SMILES string of the molecule is CC[C@H](CNC(=O)CN(C)CC(N)=O)c1ccccc1. The van der Waals surface area contributed by atoms with E-state index in [9.17, 15) is 9.59 Å². The standard InChI is InChI=1S/C15H23N3O2/c1-3-12(13-7-5-4-6-8-13)9-17-15(20)11-18(2)10-14(16)19/h4-8,12H,3,9-11H2,1-2H3,(H2,16,19)(H,17,20)/t12-/m1/s1. The quantitative estimate of drug-likeness (QED) is 0.735. The van der Waals surface area contributed by atoms with Crippen molar-refractivity contribution in [1.29, 1.82) is 0 Å². The van der Waals surface area contributed by atoms with Crippen LogP contribution in [0.5, 0.6) is 0 Å². The van der Waals surface area contributed by atoms with Crippen molar-refractivity contribution in [3.63, 3.8) is 0 Å². The highest BCUT2D eigenvalue weighted by Gasteiger charge is 2.12. The van der Waals surface area contributed by atoms with Gasteiger partial charge in [0.05, 0.1) is 13.1 Å². The Hall–Kier alpha value is -1.88. The van der Waals surface area contributed by atoms with Crippen molar-refractivity contribution >= 4 is 11.8 Å². The summed E-state index contributed by atoms with van der Waals surface area (Å²) in [5.41, 5.74) is 6.30. The molecular formula is C15H23N3O2.